The summed E-state index contributed by atoms with van der Waals surface area (Å²) in [5.41, 5.74) is 1.20. The topological polar surface area (TPSA) is 37.8 Å². The molecule has 1 aromatic heterocycles. The van der Waals surface area contributed by atoms with Crippen molar-refractivity contribution in [2.45, 2.75) is 64.8 Å². The highest BCUT2D eigenvalue weighted by molar-refractivity contribution is 7.99. The molecule has 19 heavy (non-hydrogen) atoms. The molecule has 4 heteroatoms. The van der Waals surface area contributed by atoms with Crippen molar-refractivity contribution in [1.29, 1.82) is 0 Å². The Morgan fingerprint density at radius 2 is 1.84 bits per heavy atom. The first-order valence-electron chi connectivity index (χ1n) is 7.47. The van der Waals surface area contributed by atoms with E-state index in [1.807, 2.05) is 11.8 Å². The Morgan fingerprint density at radius 3 is 2.47 bits per heavy atom. The van der Waals surface area contributed by atoms with Crippen LogP contribution in [0.1, 0.15) is 57.8 Å². The molecule has 0 saturated carbocycles. The van der Waals surface area contributed by atoms with Crippen molar-refractivity contribution in [2.24, 2.45) is 0 Å². The highest BCUT2D eigenvalue weighted by atomic mass is 32.2. The van der Waals surface area contributed by atoms with Crippen LogP contribution < -0.4 is 5.32 Å². The molecule has 0 aliphatic heterocycles. The van der Waals surface area contributed by atoms with Gasteiger partial charge in [0.05, 0.1) is 0 Å². The van der Waals surface area contributed by atoms with Gasteiger partial charge >= 0.3 is 0 Å². The minimum atomic E-state index is 0.961. The minimum Gasteiger partial charge on any atom is -0.370 e. The Kier molecular flexibility index (Phi) is 7.87. The number of thioether (sulfide) groups is 1. The van der Waals surface area contributed by atoms with Crippen molar-refractivity contribution < 1.29 is 0 Å². The average Bonchev–Trinajstić information content (AvgIpc) is 2.41. The van der Waals surface area contributed by atoms with Crippen LogP contribution in [0.3, 0.4) is 0 Å². The SMILES string of the molecule is CCCCSc1nc(CCC)nc(NCCC)c1C. The van der Waals surface area contributed by atoms with E-state index >= 15 is 0 Å². The van der Waals surface area contributed by atoms with Crippen LogP contribution >= 0.6 is 11.8 Å². The Bertz CT molecular complexity index is 380. The second-order valence-corrected chi connectivity index (χ2v) is 5.88. The van der Waals surface area contributed by atoms with Crippen molar-refractivity contribution in [3.63, 3.8) is 0 Å². The Balaban J connectivity index is 2.88. The molecule has 0 atom stereocenters. The second kappa shape index (κ2) is 9.18. The fourth-order valence-corrected chi connectivity index (χ4v) is 2.85. The van der Waals surface area contributed by atoms with Gasteiger partial charge in [-0.3, -0.25) is 0 Å². The van der Waals surface area contributed by atoms with Crippen LogP contribution in [-0.2, 0) is 6.42 Å². The van der Waals surface area contributed by atoms with E-state index < -0.39 is 0 Å². The first kappa shape index (κ1) is 16.3. The predicted octanol–water partition coefficient (Wildman–Crippen LogP) is 4.45. The maximum atomic E-state index is 4.71. The summed E-state index contributed by atoms with van der Waals surface area (Å²) in [6.45, 7) is 9.67. The van der Waals surface area contributed by atoms with E-state index in [9.17, 15) is 0 Å². The number of aryl methyl sites for hydroxylation is 1. The van der Waals surface area contributed by atoms with E-state index in [1.54, 1.807) is 0 Å². The van der Waals surface area contributed by atoms with E-state index in [4.69, 9.17) is 4.98 Å². The van der Waals surface area contributed by atoms with Crippen LogP contribution in [-0.4, -0.2) is 22.3 Å². The highest BCUT2D eigenvalue weighted by Gasteiger charge is 2.10. The average molecular weight is 281 g/mol. The lowest BCUT2D eigenvalue weighted by atomic mass is 10.3. The summed E-state index contributed by atoms with van der Waals surface area (Å²) in [5, 5.41) is 4.59. The third-order valence-electron chi connectivity index (χ3n) is 2.90. The van der Waals surface area contributed by atoms with Gasteiger partial charge in [-0.1, -0.05) is 27.2 Å². The number of rotatable bonds is 9. The number of aromatic nitrogens is 2. The molecular weight excluding hydrogens is 254 g/mol. The molecule has 108 valence electrons. The summed E-state index contributed by atoms with van der Waals surface area (Å²) in [4.78, 5) is 9.37. The lowest BCUT2D eigenvalue weighted by molar-refractivity contribution is 0.798. The van der Waals surface area contributed by atoms with E-state index in [2.05, 4.69) is 38.0 Å². The number of nitrogens with zero attached hydrogens (tertiary/aromatic N) is 2. The molecule has 1 heterocycles. The normalized spacial score (nSPS) is 10.7. The first-order chi connectivity index (χ1) is 9.22. The van der Waals surface area contributed by atoms with Crippen molar-refractivity contribution in [3.8, 4) is 0 Å². The third kappa shape index (κ3) is 5.39. The van der Waals surface area contributed by atoms with Gasteiger partial charge in [-0.2, -0.15) is 0 Å². The van der Waals surface area contributed by atoms with Gasteiger partial charge in [-0.15, -0.1) is 11.8 Å². The first-order valence-corrected chi connectivity index (χ1v) is 8.45. The van der Waals surface area contributed by atoms with Gasteiger partial charge in [0.15, 0.2) is 0 Å². The van der Waals surface area contributed by atoms with Crippen molar-refractivity contribution in [3.05, 3.63) is 11.4 Å². The summed E-state index contributed by atoms with van der Waals surface area (Å²) >= 11 is 1.87. The summed E-state index contributed by atoms with van der Waals surface area (Å²) in [7, 11) is 0. The molecular formula is C15H27N3S. The van der Waals surface area contributed by atoms with E-state index in [0.29, 0.717) is 0 Å². The third-order valence-corrected chi connectivity index (χ3v) is 4.06. The molecule has 0 fully saturated rings. The van der Waals surface area contributed by atoms with Crippen LogP contribution in [0, 0.1) is 6.92 Å². The van der Waals surface area contributed by atoms with Gasteiger partial charge in [0.25, 0.3) is 0 Å². The molecule has 3 nitrogen and oxygen atoms in total. The second-order valence-electron chi connectivity index (χ2n) is 4.80. The monoisotopic (exact) mass is 281 g/mol. The number of hydrogen-bond donors (Lipinski definition) is 1. The predicted molar refractivity (Wildman–Crippen MR) is 85.2 cm³/mol. The van der Waals surface area contributed by atoms with Crippen molar-refractivity contribution >= 4 is 17.6 Å². The minimum absolute atomic E-state index is 0.961. The van der Waals surface area contributed by atoms with E-state index in [0.717, 1.165) is 48.2 Å². The molecule has 0 aliphatic carbocycles. The molecule has 0 amide bonds. The molecule has 1 N–H and O–H groups in total. The van der Waals surface area contributed by atoms with Crippen LogP contribution in [0.4, 0.5) is 5.82 Å². The van der Waals surface area contributed by atoms with Crippen LogP contribution in [0.15, 0.2) is 5.03 Å². The fraction of sp³-hybridized carbons (Fsp3) is 0.733. The van der Waals surface area contributed by atoms with E-state index in [1.165, 1.54) is 18.4 Å². The summed E-state index contributed by atoms with van der Waals surface area (Å²) in [6.07, 6.45) is 5.65. The van der Waals surface area contributed by atoms with Gasteiger partial charge in [0.2, 0.25) is 0 Å². The standard InChI is InChI=1S/C15H27N3S/c1-5-8-11-19-15-12(4)14(16-10-7-3)17-13(18-15)9-6-2/h5-11H2,1-4H3,(H,16,17,18). The van der Waals surface area contributed by atoms with E-state index in [-0.39, 0.29) is 0 Å². The van der Waals surface area contributed by atoms with Crippen molar-refractivity contribution in [1.82, 2.24) is 9.97 Å². The molecule has 0 aromatic carbocycles. The Morgan fingerprint density at radius 1 is 1.05 bits per heavy atom. The van der Waals surface area contributed by atoms with Crippen LogP contribution in [0.25, 0.3) is 0 Å². The van der Waals surface area contributed by atoms with Gasteiger partial charge < -0.3 is 5.32 Å². The Hall–Kier alpha value is -0.770. The molecule has 0 spiro atoms. The largest absolute Gasteiger partial charge is 0.370 e. The quantitative estimate of drug-likeness (QED) is 0.412. The molecule has 0 unspecified atom stereocenters. The molecule has 0 aliphatic rings. The van der Waals surface area contributed by atoms with Gasteiger partial charge in [0.1, 0.15) is 16.7 Å². The maximum Gasteiger partial charge on any atom is 0.133 e. The number of unbranched alkanes of at least 4 members (excludes halogenated alkanes) is 1. The molecule has 1 rings (SSSR count). The smallest absolute Gasteiger partial charge is 0.133 e. The van der Waals surface area contributed by atoms with Gasteiger partial charge in [0, 0.05) is 18.5 Å². The number of nitrogens with one attached hydrogen (secondary N) is 1. The van der Waals surface area contributed by atoms with Crippen molar-refractivity contribution in [2.75, 3.05) is 17.6 Å². The number of anilines is 1. The summed E-state index contributed by atoms with van der Waals surface area (Å²) in [6, 6.07) is 0. The van der Waals surface area contributed by atoms with Gasteiger partial charge in [-0.25, -0.2) is 9.97 Å². The maximum absolute atomic E-state index is 4.71. The number of hydrogen-bond acceptors (Lipinski definition) is 4. The zero-order valence-electron chi connectivity index (χ0n) is 12.8. The molecule has 0 bridgehead atoms. The molecule has 0 saturated heterocycles. The fourth-order valence-electron chi connectivity index (χ4n) is 1.74. The zero-order chi connectivity index (χ0) is 14.1. The summed E-state index contributed by atoms with van der Waals surface area (Å²) in [5.74, 6) is 3.15. The molecule has 1 aromatic rings. The summed E-state index contributed by atoms with van der Waals surface area (Å²) < 4.78 is 0. The molecule has 0 radical (unpaired) electrons. The zero-order valence-corrected chi connectivity index (χ0v) is 13.6. The lowest BCUT2D eigenvalue weighted by Gasteiger charge is -2.13. The van der Waals surface area contributed by atoms with Crippen LogP contribution in [0.5, 0.6) is 0 Å². The van der Waals surface area contributed by atoms with Gasteiger partial charge in [-0.05, 0) is 31.9 Å². The Labute approximate surface area is 122 Å². The highest BCUT2D eigenvalue weighted by Crippen LogP contribution is 2.26. The lowest BCUT2D eigenvalue weighted by Crippen LogP contribution is -2.09. The van der Waals surface area contributed by atoms with Crippen LogP contribution in [0.2, 0.25) is 0 Å².